The van der Waals surface area contributed by atoms with E-state index in [1.165, 1.54) is 0 Å². The summed E-state index contributed by atoms with van der Waals surface area (Å²) in [6.45, 7) is 0. The molecule has 0 saturated carbocycles. The minimum Gasteiger partial charge on any atom is -0.463 e. The molecule has 0 bridgehead atoms. The maximum Gasteiger partial charge on any atom is 0.374 e. The lowest BCUT2D eigenvalue weighted by Crippen LogP contribution is -2.14. The van der Waals surface area contributed by atoms with Crippen LogP contribution < -0.4 is 0 Å². The van der Waals surface area contributed by atoms with Crippen LogP contribution in [-0.2, 0) is 14.3 Å². The van der Waals surface area contributed by atoms with Crippen LogP contribution in [0.1, 0.15) is 19.3 Å². The third-order valence-electron chi connectivity index (χ3n) is 1.11. The second-order valence-corrected chi connectivity index (χ2v) is 1.93. The SMILES string of the molecule is COC(=O)C(=O)CCCC#N. The lowest BCUT2D eigenvalue weighted by atomic mass is 10.2. The fraction of sp³-hybridized carbons (Fsp3) is 0.571. The maximum absolute atomic E-state index is 10.7. The highest BCUT2D eigenvalue weighted by Crippen LogP contribution is 1.95. The number of methoxy groups -OCH3 is 1. The van der Waals surface area contributed by atoms with Crippen molar-refractivity contribution in [1.82, 2.24) is 0 Å². The molecule has 0 rings (SSSR count). The molecule has 0 aromatic rings. The summed E-state index contributed by atoms with van der Waals surface area (Å²) in [5, 5.41) is 8.10. The number of ketones is 1. The zero-order chi connectivity index (χ0) is 8.69. The third kappa shape index (κ3) is 4.09. The molecule has 4 heteroatoms. The smallest absolute Gasteiger partial charge is 0.374 e. The quantitative estimate of drug-likeness (QED) is 0.335. The van der Waals surface area contributed by atoms with E-state index in [2.05, 4.69) is 4.74 Å². The number of hydrogen-bond donors (Lipinski definition) is 0. The predicted octanol–water partition coefficient (Wildman–Crippen LogP) is 0.422. The first-order chi connectivity index (χ1) is 5.22. The number of hydrogen-bond acceptors (Lipinski definition) is 4. The molecular weight excluding hydrogens is 146 g/mol. The first kappa shape index (κ1) is 9.63. The molecule has 60 valence electrons. The van der Waals surface area contributed by atoms with Gasteiger partial charge >= 0.3 is 5.97 Å². The van der Waals surface area contributed by atoms with E-state index < -0.39 is 11.8 Å². The van der Waals surface area contributed by atoms with Gasteiger partial charge in [0.15, 0.2) is 0 Å². The number of rotatable bonds is 4. The van der Waals surface area contributed by atoms with Gasteiger partial charge in [-0.1, -0.05) is 0 Å². The van der Waals surface area contributed by atoms with Crippen molar-refractivity contribution in [3.63, 3.8) is 0 Å². The van der Waals surface area contributed by atoms with E-state index in [0.717, 1.165) is 7.11 Å². The highest BCUT2D eigenvalue weighted by atomic mass is 16.5. The van der Waals surface area contributed by atoms with Crippen LogP contribution >= 0.6 is 0 Å². The van der Waals surface area contributed by atoms with E-state index >= 15 is 0 Å². The Morgan fingerprint density at radius 3 is 2.64 bits per heavy atom. The molecule has 0 aromatic carbocycles. The minimum atomic E-state index is -0.831. The molecule has 0 spiro atoms. The topological polar surface area (TPSA) is 67.2 Å². The monoisotopic (exact) mass is 155 g/mol. The fourth-order valence-electron chi connectivity index (χ4n) is 0.544. The summed E-state index contributed by atoms with van der Waals surface area (Å²) in [5.41, 5.74) is 0. The number of nitrogens with zero attached hydrogens (tertiary/aromatic N) is 1. The van der Waals surface area contributed by atoms with Crippen LogP contribution in [0.4, 0.5) is 0 Å². The van der Waals surface area contributed by atoms with Crippen molar-refractivity contribution in [2.24, 2.45) is 0 Å². The molecule has 11 heavy (non-hydrogen) atoms. The molecule has 0 radical (unpaired) electrons. The average molecular weight is 155 g/mol. The van der Waals surface area contributed by atoms with Crippen molar-refractivity contribution in [2.75, 3.05) is 7.11 Å². The first-order valence-electron chi connectivity index (χ1n) is 3.20. The van der Waals surface area contributed by atoms with Gasteiger partial charge in [0, 0.05) is 12.8 Å². The summed E-state index contributed by atoms with van der Waals surface area (Å²) in [4.78, 5) is 21.1. The number of carbonyl (C=O) groups excluding carboxylic acids is 2. The van der Waals surface area contributed by atoms with Gasteiger partial charge in [-0.25, -0.2) is 4.79 Å². The molecule has 0 fully saturated rings. The molecule has 0 aromatic heterocycles. The van der Waals surface area contributed by atoms with Crippen molar-refractivity contribution in [3.8, 4) is 6.07 Å². The van der Waals surface area contributed by atoms with Gasteiger partial charge in [-0.2, -0.15) is 5.26 Å². The summed E-state index contributed by atoms with van der Waals surface area (Å²) in [5.74, 6) is -1.40. The number of carbonyl (C=O) groups is 2. The Bertz CT molecular complexity index is 192. The van der Waals surface area contributed by atoms with Crippen LogP contribution in [0.5, 0.6) is 0 Å². The summed E-state index contributed by atoms with van der Waals surface area (Å²) in [6.07, 6.45) is 0.813. The second kappa shape index (κ2) is 5.42. The van der Waals surface area contributed by atoms with Crippen LogP contribution in [0.3, 0.4) is 0 Å². The molecule has 4 nitrogen and oxygen atoms in total. The van der Waals surface area contributed by atoms with E-state index in [9.17, 15) is 9.59 Å². The molecular formula is C7H9NO3. The number of ether oxygens (including phenoxy) is 1. The lowest BCUT2D eigenvalue weighted by molar-refractivity contribution is -0.151. The van der Waals surface area contributed by atoms with E-state index in [-0.39, 0.29) is 6.42 Å². The van der Waals surface area contributed by atoms with Crippen LogP contribution in [-0.4, -0.2) is 18.9 Å². The predicted molar refractivity (Wildman–Crippen MR) is 36.5 cm³/mol. The molecule has 0 unspecified atom stereocenters. The summed E-state index contributed by atoms with van der Waals surface area (Å²) in [7, 11) is 1.16. The summed E-state index contributed by atoms with van der Waals surface area (Å²) >= 11 is 0. The van der Waals surface area contributed by atoms with Gasteiger partial charge in [-0.15, -0.1) is 0 Å². The molecule has 0 aliphatic heterocycles. The number of unbranched alkanes of at least 4 members (excludes halogenated alkanes) is 1. The molecule has 0 atom stereocenters. The lowest BCUT2D eigenvalue weighted by Gasteiger charge is -1.94. The Morgan fingerprint density at radius 1 is 1.55 bits per heavy atom. The third-order valence-corrected chi connectivity index (χ3v) is 1.11. The van der Waals surface area contributed by atoms with Gasteiger partial charge in [0.1, 0.15) is 0 Å². The Kier molecular flexibility index (Phi) is 4.74. The van der Waals surface area contributed by atoms with E-state index in [1.54, 1.807) is 0 Å². The van der Waals surface area contributed by atoms with Crippen LogP contribution in [0.15, 0.2) is 0 Å². The van der Waals surface area contributed by atoms with Crippen LogP contribution in [0, 0.1) is 11.3 Å². The second-order valence-electron chi connectivity index (χ2n) is 1.93. The Labute approximate surface area is 64.8 Å². The molecule has 0 saturated heterocycles. The molecule has 0 amide bonds. The molecule has 0 aliphatic carbocycles. The van der Waals surface area contributed by atoms with Gasteiger partial charge in [-0.3, -0.25) is 4.79 Å². The van der Waals surface area contributed by atoms with Crippen molar-refractivity contribution in [2.45, 2.75) is 19.3 Å². The average Bonchev–Trinajstić information content (AvgIpc) is 2.03. The zero-order valence-electron chi connectivity index (χ0n) is 6.29. The van der Waals surface area contributed by atoms with Gasteiger partial charge in [-0.05, 0) is 6.42 Å². The van der Waals surface area contributed by atoms with Gasteiger partial charge < -0.3 is 4.74 Å². The highest BCUT2D eigenvalue weighted by Gasteiger charge is 2.11. The van der Waals surface area contributed by atoms with Gasteiger partial charge in [0.25, 0.3) is 0 Å². The molecule has 0 N–H and O–H groups in total. The fourth-order valence-corrected chi connectivity index (χ4v) is 0.544. The summed E-state index contributed by atoms with van der Waals surface area (Å²) < 4.78 is 4.17. The normalized spacial score (nSPS) is 8.36. The standard InChI is InChI=1S/C7H9NO3/c1-11-7(10)6(9)4-2-3-5-8/h2-4H2,1H3. The van der Waals surface area contributed by atoms with E-state index in [1.807, 2.05) is 6.07 Å². The van der Waals surface area contributed by atoms with E-state index in [0.29, 0.717) is 12.8 Å². The maximum atomic E-state index is 10.7. The van der Waals surface area contributed by atoms with E-state index in [4.69, 9.17) is 5.26 Å². The zero-order valence-corrected chi connectivity index (χ0v) is 6.29. The van der Waals surface area contributed by atoms with Gasteiger partial charge in [0.2, 0.25) is 5.78 Å². The van der Waals surface area contributed by atoms with Crippen molar-refractivity contribution in [1.29, 1.82) is 5.26 Å². The van der Waals surface area contributed by atoms with Crippen molar-refractivity contribution < 1.29 is 14.3 Å². The Morgan fingerprint density at radius 2 is 2.18 bits per heavy atom. The Balaban J connectivity index is 3.54. The first-order valence-corrected chi connectivity index (χ1v) is 3.20. The van der Waals surface area contributed by atoms with Gasteiger partial charge in [0.05, 0.1) is 13.2 Å². The Hall–Kier alpha value is -1.37. The van der Waals surface area contributed by atoms with Crippen LogP contribution in [0.25, 0.3) is 0 Å². The van der Waals surface area contributed by atoms with Crippen LogP contribution in [0.2, 0.25) is 0 Å². The largest absolute Gasteiger partial charge is 0.463 e. The molecule has 0 heterocycles. The van der Waals surface area contributed by atoms with Crippen molar-refractivity contribution in [3.05, 3.63) is 0 Å². The van der Waals surface area contributed by atoms with Crippen molar-refractivity contribution >= 4 is 11.8 Å². The number of Topliss-reactive ketones (excluding diaryl/α,β-unsaturated/α-hetero) is 1. The summed E-state index contributed by atoms with van der Waals surface area (Å²) in [6, 6.07) is 1.88. The number of nitriles is 1. The minimum absolute atomic E-state index is 0.0975. The number of esters is 1. The highest BCUT2D eigenvalue weighted by molar-refractivity contribution is 6.33. The molecule has 0 aliphatic rings.